The van der Waals surface area contributed by atoms with Gasteiger partial charge in [0, 0.05) is 35.0 Å². The zero-order valence-electron chi connectivity index (χ0n) is 13.9. The number of carbonyl (C=O) groups is 1. The summed E-state index contributed by atoms with van der Waals surface area (Å²) < 4.78 is 0. The van der Waals surface area contributed by atoms with Crippen LogP contribution < -0.4 is 5.32 Å². The van der Waals surface area contributed by atoms with E-state index in [2.05, 4.69) is 20.5 Å². The number of pyridine rings is 1. The number of nitrogens with zero attached hydrogens (tertiary/aromatic N) is 2. The van der Waals surface area contributed by atoms with Crippen molar-refractivity contribution in [2.75, 3.05) is 5.32 Å². The Balaban J connectivity index is 1.67. The molecule has 3 rings (SSSR count). The van der Waals surface area contributed by atoms with Gasteiger partial charge in [-0.05, 0) is 42.7 Å². The molecule has 3 aromatic rings. The van der Waals surface area contributed by atoms with Crippen LogP contribution in [-0.4, -0.2) is 21.1 Å². The van der Waals surface area contributed by atoms with Crippen molar-refractivity contribution in [3.8, 4) is 11.3 Å². The first-order chi connectivity index (χ1) is 12.2. The highest BCUT2D eigenvalue weighted by atomic mass is 35.5. The summed E-state index contributed by atoms with van der Waals surface area (Å²) in [4.78, 5) is 16.3. The first-order valence-electron chi connectivity index (χ1n) is 8.19. The van der Waals surface area contributed by atoms with Crippen molar-refractivity contribution in [3.63, 3.8) is 0 Å². The molecular formula is C19H19ClN4O. The van der Waals surface area contributed by atoms with Crippen LogP contribution in [0.1, 0.15) is 24.5 Å². The molecule has 0 aliphatic heterocycles. The molecule has 0 aliphatic rings. The minimum atomic E-state index is -0.0467. The standard InChI is InChI=1S/C19H19ClN4O/c1-2-16-18(14-9-11-21-12-10-14)23-24-19(16)22-17(25)8-5-13-3-6-15(20)7-4-13/h3-4,6-7,9-12H,2,5,8H2,1H3,(H2,22,23,24,25). The summed E-state index contributed by atoms with van der Waals surface area (Å²) in [7, 11) is 0. The summed E-state index contributed by atoms with van der Waals surface area (Å²) >= 11 is 5.87. The largest absolute Gasteiger partial charge is 0.311 e. The number of H-pyrrole nitrogens is 1. The van der Waals surface area contributed by atoms with E-state index in [1.807, 2.05) is 43.3 Å². The molecule has 0 spiro atoms. The minimum absolute atomic E-state index is 0.0467. The number of aromatic amines is 1. The fourth-order valence-corrected chi connectivity index (χ4v) is 2.80. The molecule has 5 nitrogen and oxygen atoms in total. The second-order valence-corrected chi connectivity index (χ2v) is 6.13. The van der Waals surface area contributed by atoms with Crippen molar-refractivity contribution in [3.05, 3.63) is 64.9 Å². The van der Waals surface area contributed by atoms with Crippen LogP contribution in [0.4, 0.5) is 5.82 Å². The highest BCUT2D eigenvalue weighted by molar-refractivity contribution is 6.30. The molecule has 0 aliphatic carbocycles. The molecule has 0 saturated heterocycles. The average Bonchev–Trinajstić information content (AvgIpc) is 3.04. The van der Waals surface area contributed by atoms with Crippen LogP contribution in [0.5, 0.6) is 0 Å². The summed E-state index contributed by atoms with van der Waals surface area (Å²) in [6, 6.07) is 11.3. The zero-order valence-corrected chi connectivity index (χ0v) is 14.7. The number of aryl methyl sites for hydroxylation is 1. The second-order valence-electron chi connectivity index (χ2n) is 5.69. The van der Waals surface area contributed by atoms with Gasteiger partial charge in [0.2, 0.25) is 5.91 Å². The van der Waals surface area contributed by atoms with Crippen LogP contribution in [0.2, 0.25) is 5.02 Å². The van der Waals surface area contributed by atoms with Gasteiger partial charge in [0.1, 0.15) is 5.82 Å². The number of hydrogen-bond acceptors (Lipinski definition) is 3. The molecule has 2 aromatic heterocycles. The molecule has 0 atom stereocenters. The number of nitrogens with one attached hydrogen (secondary N) is 2. The maximum absolute atomic E-state index is 12.3. The Morgan fingerprint density at radius 1 is 1.16 bits per heavy atom. The van der Waals surface area contributed by atoms with Gasteiger partial charge in [0.15, 0.2) is 0 Å². The molecule has 1 aromatic carbocycles. The Morgan fingerprint density at radius 2 is 1.88 bits per heavy atom. The van der Waals surface area contributed by atoms with E-state index in [1.165, 1.54) is 0 Å². The first kappa shape index (κ1) is 17.2. The predicted octanol–water partition coefficient (Wildman–Crippen LogP) is 4.26. The third-order valence-electron chi connectivity index (χ3n) is 3.99. The minimum Gasteiger partial charge on any atom is -0.311 e. The van der Waals surface area contributed by atoms with Gasteiger partial charge in [-0.1, -0.05) is 30.7 Å². The topological polar surface area (TPSA) is 70.7 Å². The number of rotatable bonds is 6. The Bertz CT molecular complexity index is 844. The average molecular weight is 355 g/mol. The Morgan fingerprint density at radius 3 is 2.56 bits per heavy atom. The number of hydrogen-bond donors (Lipinski definition) is 2. The molecule has 0 bridgehead atoms. The molecule has 1 amide bonds. The van der Waals surface area contributed by atoms with Gasteiger partial charge in [-0.25, -0.2) is 0 Å². The molecule has 0 unspecified atom stereocenters. The van der Waals surface area contributed by atoms with E-state index in [-0.39, 0.29) is 5.91 Å². The second kappa shape index (κ2) is 7.94. The molecule has 2 heterocycles. The van der Waals surface area contributed by atoms with E-state index >= 15 is 0 Å². The van der Waals surface area contributed by atoms with Crippen LogP contribution in [0, 0.1) is 0 Å². The molecule has 0 radical (unpaired) electrons. The fourth-order valence-electron chi connectivity index (χ4n) is 2.67. The summed E-state index contributed by atoms with van der Waals surface area (Å²) in [6.07, 6.45) is 5.28. The molecule has 2 N–H and O–H groups in total. The van der Waals surface area contributed by atoms with Gasteiger partial charge < -0.3 is 5.32 Å². The van der Waals surface area contributed by atoms with E-state index in [1.54, 1.807) is 12.4 Å². The molecule has 25 heavy (non-hydrogen) atoms. The van der Waals surface area contributed by atoms with Gasteiger partial charge in [0.25, 0.3) is 0 Å². The van der Waals surface area contributed by atoms with E-state index < -0.39 is 0 Å². The van der Waals surface area contributed by atoms with Gasteiger partial charge >= 0.3 is 0 Å². The monoisotopic (exact) mass is 354 g/mol. The van der Waals surface area contributed by atoms with Crippen LogP contribution >= 0.6 is 11.6 Å². The molecular weight excluding hydrogens is 336 g/mol. The maximum atomic E-state index is 12.3. The number of halogens is 1. The quantitative estimate of drug-likeness (QED) is 0.694. The third-order valence-corrected chi connectivity index (χ3v) is 4.24. The first-order valence-corrected chi connectivity index (χ1v) is 8.57. The van der Waals surface area contributed by atoms with Crippen molar-refractivity contribution in [2.45, 2.75) is 26.2 Å². The Hall–Kier alpha value is -2.66. The lowest BCUT2D eigenvalue weighted by molar-refractivity contribution is -0.116. The third kappa shape index (κ3) is 4.25. The maximum Gasteiger partial charge on any atom is 0.225 e. The van der Waals surface area contributed by atoms with Crippen molar-refractivity contribution in [1.82, 2.24) is 15.2 Å². The van der Waals surface area contributed by atoms with E-state index in [4.69, 9.17) is 11.6 Å². The van der Waals surface area contributed by atoms with Crippen LogP contribution in [0.3, 0.4) is 0 Å². The lowest BCUT2D eigenvalue weighted by atomic mass is 10.1. The SMILES string of the molecule is CCc1c(-c2ccncc2)n[nH]c1NC(=O)CCc1ccc(Cl)cc1. The Kier molecular flexibility index (Phi) is 5.46. The molecule has 0 saturated carbocycles. The van der Waals surface area contributed by atoms with E-state index in [0.29, 0.717) is 23.7 Å². The van der Waals surface area contributed by atoms with Gasteiger partial charge in [-0.2, -0.15) is 5.10 Å². The number of carbonyl (C=O) groups excluding carboxylic acids is 1. The van der Waals surface area contributed by atoms with Crippen molar-refractivity contribution < 1.29 is 4.79 Å². The number of amides is 1. The van der Waals surface area contributed by atoms with Crippen LogP contribution in [-0.2, 0) is 17.6 Å². The van der Waals surface area contributed by atoms with Crippen molar-refractivity contribution in [2.24, 2.45) is 0 Å². The lowest BCUT2D eigenvalue weighted by Gasteiger charge is -2.06. The highest BCUT2D eigenvalue weighted by Gasteiger charge is 2.15. The van der Waals surface area contributed by atoms with E-state index in [0.717, 1.165) is 28.8 Å². The number of benzene rings is 1. The molecule has 128 valence electrons. The summed E-state index contributed by atoms with van der Waals surface area (Å²) in [6.45, 7) is 2.04. The number of aromatic nitrogens is 3. The summed E-state index contributed by atoms with van der Waals surface area (Å²) in [5, 5.41) is 10.9. The zero-order chi connectivity index (χ0) is 17.6. The normalized spacial score (nSPS) is 10.6. The predicted molar refractivity (Wildman–Crippen MR) is 99.6 cm³/mol. The molecule has 6 heteroatoms. The molecule has 0 fully saturated rings. The summed E-state index contributed by atoms with van der Waals surface area (Å²) in [5.74, 6) is 0.616. The fraction of sp³-hybridized carbons (Fsp3) is 0.211. The van der Waals surface area contributed by atoms with Gasteiger partial charge in [-0.15, -0.1) is 0 Å². The van der Waals surface area contributed by atoms with Crippen LogP contribution in [0.15, 0.2) is 48.8 Å². The lowest BCUT2D eigenvalue weighted by Crippen LogP contribution is -2.13. The smallest absolute Gasteiger partial charge is 0.225 e. The summed E-state index contributed by atoms with van der Waals surface area (Å²) in [5.41, 5.74) is 3.89. The van der Waals surface area contributed by atoms with Crippen molar-refractivity contribution in [1.29, 1.82) is 0 Å². The van der Waals surface area contributed by atoms with Crippen molar-refractivity contribution >= 4 is 23.3 Å². The number of anilines is 1. The van der Waals surface area contributed by atoms with Gasteiger partial charge in [-0.3, -0.25) is 14.9 Å². The highest BCUT2D eigenvalue weighted by Crippen LogP contribution is 2.26. The Labute approximate surface area is 151 Å². The van der Waals surface area contributed by atoms with Gasteiger partial charge in [0.05, 0.1) is 5.69 Å². The van der Waals surface area contributed by atoms with Crippen LogP contribution in [0.25, 0.3) is 11.3 Å². The van der Waals surface area contributed by atoms with E-state index in [9.17, 15) is 4.79 Å².